The van der Waals surface area contributed by atoms with Crippen molar-refractivity contribution in [3.63, 3.8) is 0 Å². The van der Waals surface area contributed by atoms with Crippen LogP contribution in [0.5, 0.6) is 5.88 Å². The third-order valence-corrected chi connectivity index (χ3v) is 3.52. The molecule has 0 aliphatic carbocycles. The Labute approximate surface area is 124 Å². The second-order valence-electron chi connectivity index (χ2n) is 4.45. The van der Waals surface area contributed by atoms with Gasteiger partial charge in [0.1, 0.15) is 17.2 Å². The molecule has 0 atom stereocenters. The molecule has 0 fully saturated rings. The molecule has 2 N–H and O–H groups in total. The number of imidazole rings is 1. The zero-order valence-electron chi connectivity index (χ0n) is 11.1. The molecule has 0 aliphatic rings. The highest BCUT2D eigenvalue weighted by atomic mass is 79.9. The van der Waals surface area contributed by atoms with E-state index in [4.69, 9.17) is 10.5 Å². The minimum atomic E-state index is 0.539. The van der Waals surface area contributed by atoms with E-state index in [0.717, 1.165) is 15.7 Å². The van der Waals surface area contributed by atoms with Gasteiger partial charge in [0.2, 0.25) is 5.88 Å². The van der Waals surface area contributed by atoms with Gasteiger partial charge in [0.15, 0.2) is 0 Å². The molecule has 0 spiro atoms. The summed E-state index contributed by atoms with van der Waals surface area (Å²) in [6, 6.07) is 7.53. The Hall–Kier alpha value is -2.08. The molecule has 0 aliphatic heterocycles. The second kappa shape index (κ2) is 4.79. The van der Waals surface area contributed by atoms with Gasteiger partial charge in [0, 0.05) is 16.7 Å². The molecule has 0 unspecified atom stereocenters. The van der Waals surface area contributed by atoms with Crippen LogP contribution in [-0.2, 0) is 0 Å². The smallest absolute Gasteiger partial charge is 0.213 e. The minimum absolute atomic E-state index is 0.539. The number of hydrogen-bond donors (Lipinski definition) is 1. The van der Waals surface area contributed by atoms with Crippen LogP contribution in [0.1, 0.15) is 5.56 Å². The third-order valence-electron chi connectivity index (χ3n) is 3.08. The minimum Gasteiger partial charge on any atom is -0.481 e. The van der Waals surface area contributed by atoms with E-state index in [1.807, 2.05) is 35.7 Å². The third kappa shape index (κ3) is 2.02. The molecular weight excluding hydrogens is 320 g/mol. The first-order valence-corrected chi connectivity index (χ1v) is 6.84. The normalized spacial score (nSPS) is 10.9. The van der Waals surface area contributed by atoms with Crippen LogP contribution in [0.15, 0.2) is 34.9 Å². The average molecular weight is 333 g/mol. The first kappa shape index (κ1) is 12.9. The number of methoxy groups -OCH3 is 1. The van der Waals surface area contributed by atoms with Crippen LogP contribution < -0.4 is 10.5 Å². The molecule has 3 aromatic heterocycles. The van der Waals surface area contributed by atoms with Crippen molar-refractivity contribution in [1.82, 2.24) is 14.4 Å². The number of halogens is 1. The van der Waals surface area contributed by atoms with E-state index in [1.165, 1.54) is 0 Å². The fraction of sp³-hybridized carbons (Fsp3) is 0.143. The summed E-state index contributed by atoms with van der Waals surface area (Å²) in [5.74, 6) is 1.10. The molecule has 102 valence electrons. The van der Waals surface area contributed by atoms with Crippen LogP contribution in [0.4, 0.5) is 5.82 Å². The van der Waals surface area contributed by atoms with Gasteiger partial charge in [-0.2, -0.15) is 0 Å². The Balaban J connectivity index is 2.26. The molecule has 0 saturated carbocycles. The number of ether oxygens (including phenoxy) is 1. The summed E-state index contributed by atoms with van der Waals surface area (Å²) in [7, 11) is 1.58. The largest absolute Gasteiger partial charge is 0.481 e. The number of nitrogens with two attached hydrogens (primary N) is 1. The van der Waals surface area contributed by atoms with Gasteiger partial charge in [0.05, 0.1) is 12.8 Å². The van der Waals surface area contributed by atoms with E-state index >= 15 is 0 Å². The maximum atomic E-state index is 6.20. The predicted octanol–water partition coefficient (Wildman–Crippen LogP) is 3.06. The molecule has 0 aromatic carbocycles. The molecular formula is C14H13BrN4O. The number of rotatable bonds is 2. The summed E-state index contributed by atoms with van der Waals surface area (Å²) >= 11 is 3.47. The number of aromatic nitrogens is 3. The summed E-state index contributed by atoms with van der Waals surface area (Å²) in [5, 5.41) is 0. The summed E-state index contributed by atoms with van der Waals surface area (Å²) in [5.41, 5.74) is 9.42. The molecule has 5 nitrogen and oxygen atoms in total. The molecule has 3 heterocycles. The lowest BCUT2D eigenvalue weighted by atomic mass is 10.3. The number of hydrogen-bond acceptors (Lipinski definition) is 4. The van der Waals surface area contributed by atoms with Crippen molar-refractivity contribution in [1.29, 1.82) is 0 Å². The van der Waals surface area contributed by atoms with E-state index in [1.54, 1.807) is 13.2 Å². The highest BCUT2D eigenvalue weighted by Crippen LogP contribution is 2.28. The van der Waals surface area contributed by atoms with Gasteiger partial charge in [-0.15, -0.1) is 0 Å². The highest BCUT2D eigenvalue weighted by Gasteiger charge is 2.14. The Morgan fingerprint density at radius 1 is 1.30 bits per heavy atom. The standard InChI is InChI=1S/C14H13BrN4O/c1-8-6-9(15)7-19-13(16)12(18-14(8)19)10-4-3-5-11(17-10)20-2/h3-7H,16H2,1-2H3. The van der Waals surface area contributed by atoms with Gasteiger partial charge >= 0.3 is 0 Å². The fourth-order valence-corrected chi connectivity index (χ4v) is 2.68. The number of pyridine rings is 2. The molecule has 3 aromatic rings. The molecule has 0 amide bonds. The van der Waals surface area contributed by atoms with Crippen LogP contribution in [0.2, 0.25) is 0 Å². The number of nitrogen functional groups attached to an aromatic ring is 1. The average Bonchev–Trinajstić information content (AvgIpc) is 2.77. The molecule has 6 heteroatoms. The molecule has 3 rings (SSSR count). The van der Waals surface area contributed by atoms with Crippen LogP contribution in [0, 0.1) is 6.92 Å². The molecule has 0 saturated heterocycles. The van der Waals surface area contributed by atoms with Crippen molar-refractivity contribution in [3.05, 3.63) is 40.5 Å². The van der Waals surface area contributed by atoms with Gasteiger partial charge in [-0.05, 0) is 40.5 Å². The van der Waals surface area contributed by atoms with Crippen LogP contribution in [0.3, 0.4) is 0 Å². The maximum Gasteiger partial charge on any atom is 0.213 e. The highest BCUT2D eigenvalue weighted by molar-refractivity contribution is 9.10. The Morgan fingerprint density at radius 3 is 2.85 bits per heavy atom. The van der Waals surface area contributed by atoms with Crippen molar-refractivity contribution >= 4 is 27.4 Å². The fourth-order valence-electron chi connectivity index (χ4n) is 2.13. The topological polar surface area (TPSA) is 65.4 Å². The SMILES string of the molecule is COc1cccc(-c2nc3c(C)cc(Br)cn3c2N)n1. The molecule has 0 radical (unpaired) electrons. The number of fused-ring (bicyclic) bond motifs is 1. The van der Waals surface area contributed by atoms with Gasteiger partial charge in [-0.3, -0.25) is 4.40 Å². The zero-order valence-corrected chi connectivity index (χ0v) is 12.7. The van der Waals surface area contributed by atoms with Gasteiger partial charge in [-0.1, -0.05) is 6.07 Å². The number of nitrogens with zero attached hydrogens (tertiary/aromatic N) is 3. The van der Waals surface area contributed by atoms with E-state index in [0.29, 0.717) is 23.1 Å². The zero-order chi connectivity index (χ0) is 14.3. The number of anilines is 1. The van der Waals surface area contributed by atoms with Crippen molar-refractivity contribution in [2.24, 2.45) is 0 Å². The first-order valence-electron chi connectivity index (χ1n) is 6.05. The molecule has 20 heavy (non-hydrogen) atoms. The lowest BCUT2D eigenvalue weighted by Gasteiger charge is -2.02. The van der Waals surface area contributed by atoms with Crippen LogP contribution in [-0.4, -0.2) is 21.5 Å². The summed E-state index contributed by atoms with van der Waals surface area (Å²) in [6.07, 6.45) is 1.90. The van der Waals surface area contributed by atoms with Crippen molar-refractivity contribution in [3.8, 4) is 17.3 Å². The Kier molecular flexibility index (Phi) is 3.10. The van der Waals surface area contributed by atoms with E-state index in [-0.39, 0.29) is 0 Å². The van der Waals surface area contributed by atoms with E-state index in [2.05, 4.69) is 25.9 Å². The second-order valence-corrected chi connectivity index (χ2v) is 5.36. The Bertz CT molecular complexity index is 797. The van der Waals surface area contributed by atoms with Crippen LogP contribution >= 0.6 is 15.9 Å². The maximum absolute atomic E-state index is 6.20. The number of aryl methyl sites for hydroxylation is 1. The van der Waals surface area contributed by atoms with E-state index in [9.17, 15) is 0 Å². The Morgan fingerprint density at radius 2 is 2.10 bits per heavy atom. The monoisotopic (exact) mass is 332 g/mol. The van der Waals surface area contributed by atoms with Crippen LogP contribution in [0.25, 0.3) is 17.0 Å². The lowest BCUT2D eigenvalue weighted by molar-refractivity contribution is 0.398. The molecule has 0 bridgehead atoms. The van der Waals surface area contributed by atoms with Crippen molar-refractivity contribution in [2.45, 2.75) is 6.92 Å². The predicted molar refractivity (Wildman–Crippen MR) is 81.8 cm³/mol. The lowest BCUT2D eigenvalue weighted by Crippen LogP contribution is -1.96. The summed E-state index contributed by atoms with van der Waals surface area (Å²) in [6.45, 7) is 2.00. The van der Waals surface area contributed by atoms with Gasteiger partial charge < -0.3 is 10.5 Å². The van der Waals surface area contributed by atoms with Gasteiger partial charge in [-0.25, -0.2) is 9.97 Å². The van der Waals surface area contributed by atoms with Crippen molar-refractivity contribution < 1.29 is 4.74 Å². The first-order chi connectivity index (χ1) is 9.60. The summed E-state index contributed by atoms with van der Waals surface area (Å²) < 4.78 is 7.95. The van der Waals surface area contributed by atoms with Gasteiger partial charge in [0.25, 0.3) is 0 Å². The summed E-state index contributed by atoms with van der Waals surface area (Å²) in [4.78, 5) is 8.98. The van der Waals surface area contributed by atoms with E-state index < -0.39 is 0 Å². The van der Waals surface area contributed by atoms with Crippen molar-refractivity contribution in [2.75, 3.05) is 12.8 Å². The quantitative estimate of drug-likeness (QED) is 0.783.